The first-order valence-electron chi connectivity index (χ1n) is 4.10. The molecule has 0 N–H and O–H groups in total. The van der Waals surface area contributed by atoms with Crippen molar-refractivity contribution in [1.82, 2.24) is 0 Å². The molecule has 0 atom stereocenters. The van der Waals surface area contributed by atoms with E-state index in [1.165, 1.54) is 5.41 Å². The number of alkyl halides is 1. The molecule has 2 nitrogen and oxygen atoms in total. The Balaban J connectivity index is 3.05. The topological polar surface area (TPSA) is 34.1 Å². The molecular formula is C10H11IO2S. The van der Waals surface area contributed by atoms with Gasteiger partial charge in [0.2, 0.25) is 0 Å². The zero-order valence-corrected chi connectivity index (χ0v) is 10.7. The van der Waals surface area contributed by atoms with E-state index >= 15 is 0 Å². The van der Waals surface area contributed by atoms with Crippen molar-refractivity contribution < 1.29 is 8.42 Å². The van der Waals surface area contributed by atoms with Gasteiger partial charge in [-0.3, -0.25) is 0 Å². The van der Waals surface area contributed by atoms with Crippen molar-refractivity contribution in [3.63, 3.8) is 0 Å². The summed E-state index contributed by atoms with van der Waals surface area (Å²) in [6.07, 6.45) is 1.63. The monoisotopic (exact) mass is 322 g/mol. The van der Waals surface area contributed by atoms with E-state index in [1.807, 2.05) is 6.92 Å². The fraction of sp³-hybridized carbons (Fsp3) is 0.200. The number of benzene rings is 1. The van der Waals surface area contributed by atoms with Crippen molar-refractivity contribution in [3.05, 3.63) is 41.3 Å². The second kappa shape index (κ2) is 4.93. The van der Waals surface area contributed by atoms with Crippen LogP contribution in [-0.4, -0.2) is 12.8 Å². The van der Waals surface area contributed by atoms with E-state index in [9.17, 15) is 8.42 Å². The predicted octanol–water partition coefficient (Wildman–Crippen LogP) is 2.72. The summed E-state index contributed by atoms with van der Waals surface area (Å²) in [7, 11) is -3.22. The van der Waals surface area contributed by atoms with Crippen LogP contribution in [0.5, 0.6) is 0 Å². The average molecular weight is 322 g/mol. The van der Waals surface area contributed by atoms with Crippen LogP contribution in [0.15, 0.2) is 40.6 Å². The first kappa shape index (κ1) is 11.7. The Morgan fingerprint density at radius 3 is 2.36 bits per heavy atom. The molecule has 0 aromatic heterocycles. The molecule has 0 aliphatic carbocycles. The predicted molar refractivity (Wildman–Crippen MR) is 66.4 cm³/mol. The number of hydrogen-bond acceptors (Lipinski definition) is 2. The second-order valence-electron chi connectivity index (χ2n) is 2.88. The normalized spacial score (nSPS) is 12.1. The molecule has 0 aliphatic heterocycles. The van der Waals surface area contributed by atoms with E-state index in [-0.39, 0.29) is 0 Å². The third kappa shape index (κ3) is 3.09. The minimum absolute atomic E-state index is 0.351. The molecule has 1 aromatic rings. The molecule has 76 valence electrons. The maximum Gasteiger partial charge on any atom is 0.199 e. The van der Waals surface area contributed by atoms with Crippen LogP contribution in [0.25, 0.3) is 0 Å². The van der Waals surface area contributed by atoms with Gasteiger partial charge in [0.1, 0.15) is 0 Å². The lowest BCUT2D eigenvalue weighted by Gasteiger charge is -1.98. The van der Waals surface area contributed by atoms with Crippen LogP contribution in [0.3, 0.4) is 0 Å². The molecule has 4 heteroatoms. The summed E-state index contributed by atoms with van der Waals surface area (Å²) in [4.78, 5) is 0.351. The minimum Gasteiger partial charge on any atom is -0.219 e. The molecule has 0 saturated carbocycles. The third-order valence-electron chi connectivity index (χ3n) is 1.71. The molecule has 0 spiro atoms. The lowest BCUT2D eigenvalue weighted by molar-refractivity contribution is 0.604. The Bertz CT molecular complexity index is 418. The summed E-state index contributed by atoms with van der Waals surface area (Å²) in [5.41, 5.74) is 1.06. The summed E-state index contributed by atoms with van der Waals surface area (Å²) < 4.78 is 23.9. The Kier molecular flexibility index (Phi) is 4.12. The van der Waals surface area contributed by atoms with Crippen molar-refractivity contribution in [2.24, 2.45) is 0 Å². The van der Waals surface area contributed by atoms with Crippen molar-refractivity contribution in [2.45, 2.75) is 11.8 Å². The molecule has 0 bridgehead atoms. The van der Waals surface area contributed by atoms with Gasteiger partial charge in [-0.15, -0.1) is 0 Å². The molecule has 0 fully saturated rings. The van der Waals surface area contributed by atoms with E-state index in [4.69, 9.17) is 0 Å². The van der Waals surface area contributed by atoms with Gasteiger partial charge in [-0.2, -0.15) is 0 Å². The van der Waals surface area contributed by atoms with E-state index in [1.54, 1.807) is 30.3 Å². The summed E-state index contributed by atoms with van der Waals surface area (Å²) in [5, 5.41) is 1.25. The first-order valence-corrected chi connectivity index (χ1v) is 7.18. The van der Waals surface area contributed by atoms with Gasteiger partial charge < -0.3 is 0 Å². The zero-order chi connectivity index (χ0) is 10.6. The van der Waals surface area contributed by atoms with Gasteiger partial charge in [0.05, 0.1) is 4.90 Å². The van der Waals surface area contributed by atoms with Gasteiger partial charge in [-0.05, 0) is 19.1 Å². The van der Waals surface area contributed by atoms with Crippen LogP contribution in [0.4, 0.5) is 0 Å². The molecule has 0 aliphatic rings. The fourth-order valence-electron chi connectivity index (χ4n) is 0.970. The highest BCUT2D eigenvalue weighted by Crippen LogP contribution is 2.13. The lowest BCUT2D eigenvalue weighted by atomic mass is 10.2. The molecule has 0 saturated heterocycles. The smallest absolute Gasteiger partial charge is 0.199 e. The lowest BCUT2D eigenvalue weighted by Crippen LogP contribution is -1.95. The van der Waals surface area contributed by atoms with E-state index in [0.717, 1.165) is 5.56 Å². The molecular weight excluding hydrogens is 311 g/mol. The Morgan fingerprint density at radius 2 is 1.86 bits per heavy atom. The van der Waals surface area contributed by atoms with Crippen LogP contribution < -0.4 is 0 Å². The van der Waals surface area contributed by atoms with Crippen LogP contribution in [0.1, 0.15) is 5.56 Å². The van der Waals surface area contributed by atoms with Crippen molar-refractivity contribution in [1.29, 1.82) is 0 Å². The average Bonchev–Trinajstić information content (AvgIpc) is 2.16. The summed E-state index contributed by atoms with van der Waals surface area (Å²) in [5.74, 6) is 0. The standard InChI is InChI=1S/C10H11IO2S/c1-9-3-5-10(6-4-9)14(12,13)8-2-7-11/h2-6,8H,7H2,1H3. The molecule has 0 amide bonds. The maximum absolute atomic E-state index is 11.6. The number of allylic oxidation sites excluding steroid dienone is 1. The number of sulfone groups is 1. The zero-order valence-electron chi connectivity index (χ0n) is 7.77. The minimum atomic E-state index is -3.22. The SMILES string of the molecule is Cc1ccc(S(=O)(=O)C=CCI)cc1. The van der Waals surface area contributed by atoms with E-state index < -0.39 is 9.84 Å². The van der Waals surface area contributed by atoms with Crippen LogP contribution >= 0.6 is 22.6 Å². The maximum atomic E-state index is 11.6. The largest absolute Gasteiger partial charge is 0.219 e. The summed E-state index contributed by atoms with van der Waals surface area (Å²) >= 11 is 2.10. The number of aryl methyl sites for hydroxylation is 1. The van der Waals surface area contributed by atoms with Gasteiger partial charge in [0.15, 0.2) is 9.84 Å². The van der Waals surface area contributed by atoms with E-state index in [0.29, 0.717) is 9.32 Å². The Labute approximate surface area is 98.1 Å². The van der Waals surface area contributed by atoms with Crippen molar-refractivity contribution >= 4 is 32.4 Å². The summed E-state index contributed by atoms with van der Waals surface area (Å²) in [6, 6.07) is 6.85. The Hall–Kier alpha value is -0.360. The van der Waals surface area contributed by atoms with Gasteiger partial charge in [-0.1, -0.05) is 46.4 Å². The highest BCUT2D eigenvalue weighted by Gasteiger charge is 2.08. The number of halogens is 1. The van der Waals surface area contributed by atoms with Gasteiger partial charge in [0.25, 0.3) is 0 Å². The third-order valence-corrected chi connectivity index (χ3v) is 3.70. The molecule has 1 rings (SSSR count). The van der Waals surface area contributed by atoms with Crippen LogP contribution in [-0.2, 0) is 9.84 Å². The highest BCUT2D eigenvalue weighted by atomic mass is 127. The van der Waals surface area contributed by atoms with Gasteiger partial charge >= 0.3 is 0 Å². The molecule has 14 heavy (non-hydrogen) atoms. The highest BCUT2D eigenvalue weighted by molar-refractivity contribution is 14.1. The van der Waals surface area contributed by atoms with E-state index in [2.05, 4.69) is 22.6 Å². The number of hydrogen-bond donors (Lipinski definition) is 0. The molecule has 0 radical (unpaired) electrons. The number of rotatable bonds is 3. The molecule has 0 heterocycles. The van der Waals surface area contributed by atoms with Gasteiger partial charge in [-0.25, -0.2) is 8.42 Å². The van der Waals surface area contributed by atoms with Crippen LogP contribution in [0.2, 0.25) is 0 Å². The quantitative estimate of drug-likeness (QED) is 0.633. The first-order chi connectivity index (χ1) is 6.56. The van der Waals surface area contributed by atoms with Crippen molar-refractivity contribution in [3.8, 4) is 0 Å². The Morgan fingerprint density at radius 1 is 1.29 bits per heavy atom. The fourth-order valence-corrected chi connectivity index (χ4v) is 2.59. The summed E-state index contributed by atoms with van der Waals surface area (Å²) in [6.45, 7) is 1.93. The van der Waals surface area contributed by atoms with Gasteiger partial charge in [0, 0.05) is 9.84 Å². The molecule has 1 aromatic carbocycles. The van der Waals surface area contributed by atoms with Crippen LogP contribution in [0, 0.1) is 6.92 Å². The van der Waals surface area contributed by atoms with Crippen molar-refractivity contribution in [2.75, 3.05) is 4.43 Å². The molecule has 0 unspecified atom stereocenters. The second-order valence-corrected chi connectivity index (χ2v) is 5.60.